The Labute approximate surface area is 133 Å². The summed E-state index contributed by atoms with van der Waals surface area (Å²) in [5, 5.41) is 2.83. The van der Waals surface area contributed by atoms with Crippen LogP contribution in [0.2, 0.25) is 0 Å². The number of nitrogens with zero attached hydrogens (tertiary/aromatic N) is 1. The van der Waals surface area contributed by atoms with Crippen LogP contribution in [0.3, 0.4) is 0 Å². The lowest BCUT2D eigenvalue weighted by Gasteiger charge is -2.30. The molecule has 1 N–H and O–H groups in total. The van der Waals surface area contributed by atoms with Crippen molar-refractivity contribution in [1.29, 1.82) is 0 Å². The predicted octanol–water partition coefficient (Wildman–Crippen LogP) is 2.74. The maximum Gasteiger partial charge on any atom is 0.250 e. The number of nitrogens with one attached hydrogen (secondary N) is 1. The molecule has 0 unspecified atom stereocenters. The Balaban J connectivity index is 2.95. The van der Waals surface area contributed by atoms with E-state index < -0.39 is 6.04 Å². The Kier molecular flexibility index (Phi) is 7.15. The standard InChI is InChI=1S/C17H28N2O3/c1-6-9-13(18-16(20)8-3)17(21)19-12(4)11-15(22-5)14(19)10-7-2/h11,13-14H,4,6-10H2,1-3,5H3,(H,18,20)/t13-,14-/m0/s1. The summed E-state index contributed by atoms with van der Waals surface area (Å²) >= 11 is 0. The first-order valence-corrected chi connectivity index (χ1v) is 8.06. The number of methoxy groups -OCH3 is 1. The summed E-state index contributed by atoms with van der Waals surface area (Å²) in [6.07, 6.45) is 5.36. The maximum absolute atomic E-state index is 12.9. The van der Waals surface area contributed by atoms with Crippen LogP contribution in [0.1, 0.15) is 52.9 Å². The highest BCUT2D eigenvalue weighted by molar-refractivity contribution is 5.89. The molecule has 2 atom stereocenters. The average Bonchev–Trinajstić information content (AvgIpc) is 2.82. The molecule has 22 heavy (non-hydrogen) atoms. The molecule has 0 bridgehead atoms. The van der Waals surface area contributed by atoms with Crippen molar-refractivity contribution in [3.8, 4) is 0 Å². The average molecular weight is 308 g/mol. The van der Waals surface area contributed by atoms with E-state index in [4.69, 9.17) is 4.74 Å². The number of carbonyl (C=O) groups excluding carboxylic acids is 2. The minimum Gasteiger partial charge on any atom is -0.499 e. The molecule has 5 heteroatoms. The van der Waals surface area contributed by atoms with Gasteiger partial charge in [0.1, 0.15) is 11.8 Å². The zero-order valence-electron chi connectivity index (χ0n) is 14.1. The van der Waals surface area contributed by atoms with Crippen molar-refractivity contribution < 1.29 is 14.3 Å². The highest BCUT2D eigenvalue weighted by Crippen LogP contribution is 2.30. The first-order valence-electron chi connectivity index (χ1n) is 8.06. The van der Waals surface area contributed by atoms with Crippen LogP contribution in [0.15, 0.2) is 24.1 Å². The lowest BCUT2D eigenvalue weighted by molar-refractivity contribution is -0.136. The molecule has 0 aromatic heterocycles. The molecule has 0 aromatic carbocycles. The number of amides is 2. The van der Waals surface area contributed by atoms with Crippen LogP contribution >= 0.6 is 0 Å². The van der Waals surface area contributed by atoms with Gasteiger partial charge in [-0.2, -0.15) is 0 Å². The second-order valence-corrected chi connectivity index (χ2v) is 5.52. The molecule has 1 heterocycles. The van der Waals surface area contributed by atoms with Gasteiger partial charge in [0.25, 0.3) is 0 Å². The largest absolute Gasteiger partial charge is 0.499 e. The topological polar surface area (TPSA) is 58.6 Å². The van der Waals surface area contributed by atoms with Gasteiger partial charge in [-0.05, 0) is 12.8 Å². The van der Waals surface area contributed by atoms with Gasteiger partial charge >= 0.3 is 0 Å². The van der Waals surface area contributed by atoms with Crippen LogP contribution in [-0.4, -0.2) is 35.9 Å². The minimum atomic E-state index is -0.502. The number of rotatable bonds is 8. The van der Waals surface area contributed by atoms with Gasteiger partial charge in [-0.25, -0.2) is 0 Å². The summed E-state index contributed by atoms with van der Waals surface area (Å²) in [7, 11) is 1.61. The number of ether oxygens (including phenoxy) is 1. The van der Waals surface area contributed by atoms with E-state index in [0.717, 1.165) is 25.0 Å². The van der Waals surface area contributed by atoms with Crippen LogP contribution in [0.4, 0.5) is 0 Å². The van der Waals surface area contributed by atoms with Gasteiger partial charge in [0.2, 0.25) is 11.8 Å². The summed E-state index contributed by atoms with van der Waals surface area (Å²) in [5.74, 6) is 0.552. The molecule has 0 saturated heterocycles. The first kappa shape index (κ1) is 18.3. The number of allylic oxidation sites excluding steroid dienone is 1. The second kappa shape index (κ2) is 8.61. The molecular weight excluding hydrogens is 280 g/mol. The van der Waals surface area contributed by atoms with E-state index in [0.29, 0.717) is 18.5 Å². The Morgan fingerprint density at radius 2 is 2.05 bits per heavy atom. The molecule has 0 radical (unpaired) electrons. The lowest BCUT2D eigenvalue weighted by Crippen LogP contribution is -2.50. The van der Waals surface area contributed by atoms with Gasteiger partial charge in [-0.1, -0.05) is 40.2 Å². The number of carbonyl (C=O) groups is 2. The molecule has 0 saturated carbocycles. The lowest BCUT2D eigenvalue weighted by atomic mass is 10.1. The van der Waals surface area contributed by atoms with Gasteiger partial charge < -0.3 is 15.0 Å². The van der Waals surface area contributed by atoms with Gasteiger partial charge in [0.15, 0.2) is 0 Å². The zero-order valence-corrected chi connectivity index (χ0v) is 14.1. The smallest absolute Gasteiger partial charge is 0.250 e. The Bertz CT molecular complexity index is 457. The molecule has 0 aliphatic carbocycles. The van der Waals surface area contributed by atoms with Crippen LogP contribution < -0.4 is 5.32 Å². The van der Waals surface area contributed by atoms with Crippen molar-refractivity contribution in [3.63, 3.8) is 0 Å². The van der Waals surface area contributed by atoms with Crippen molar-refractivity contribution in [2.45, 2.75) is 65.0 Å². The first-order chi connectivity index (χ1) is 10.5. The van der Waals surface area contributed by atoms with Gasteiger partial charge in [0, 0.05) is 18.2 Å². The second-order valence-electron chi connectivity index (χ2n) is 5.52. The molecule has 124 valence electrons. The highest BCUT2D eigenvalue weighted by Gasteiger charge is 2.37. The highest BCUT2D eigenvalue weighted by atomic mass is 16.5. The maximum atomic E-state index is 12.9. The quantitative estimate of drug-likeness (QED) is 0.750. The van der Waals surface area contributed by atoms with Crippen molar-refractivity contribution >= 4 is 11.8 Å². The molecule has 2 amide bonds. The van der Waals surface area contributed by atoms with Crippen molar-refractivity contribution in [3.05, 3.63) is 24.1 Å². The zero-order chi connectivity index (χ0) is 16.7. The van der Waals surface area contributed by atoms with Crippen molar-refractivity contribution in [1.82, 2.24) is 10.2 Å². The summed E-state index contributed by atoms with van der Waals surface area (Å²) in [5.41, 5.74) is 0.632. The molecule has 0 fully saturated rings. The molecule has 0 spiro atoms. The summed E-state index contributed by atoms with van der Waals surface area (Å²) in [6, 6.07) is -0.619. The third-order valence-electron chi connectivity index (χ3n) is 3.83. The van der Waals surface area contributed by atoms with E-state index in [9.17, 15) is 9.59 Å². The number of hydrogen-bond acceptors (Lipinski definition) is 3. The SMILES string of the molecule is C=C1C=C(OC)[C@H](CCC)N1C(=O)[C@H](CCC)NC(=O)CC. The molecule has 0 aromatic rings. The van der Waals surface area contributed by atoms with E-state index in [1.807, 2.05) is 13.0 Å². The molecule has 1 rings (SSSR count). The minimum absolute atomic E-state index is 0.101. The fourth-order valence-corrected chi connectivity index (χ4v) is 2.70. The summed E-state index contributed by atoms with van der Waals surface area (Å²) < 4.78 is 5.39. The Morgan fingerprint density at radius 1 is 1.36 bits per heavy atom. The van der Waals surface area contributed by atoms with Gasteiger partial charge in [0.05, 0.1) is 13.2 Å². The molecular formula is C17H28N2O3. The normalized spacial score (nSPS) is 18.9. The van der Waals surface area contributed by atoms with Crippen LogP contribution in [0, 0.1) is 0 Å². The predicted molar refractivity (Wildman–Crippen MR) is 86.9 cm³/mol. The van der Waals surface area contributed by atoms with Gasteiger partial charge in [-0.15, -0.1) is 0 Å². The van der Waals surface area contributed by atoms with Crippen LogP contribution in [0.25, 0.3) is 0 Å². The third kappa shape index (κ3) is 4.12. The van der Waals surface area contributed by atoms with Crippen LogP contribution in [-0.2, 0) is 14.3 Å². The Hall–Kier alpha value is -1.78. The van der Waals surface area contributed by atoms with Crippen molar-refractivity contribution in [2.24, 2.45) is 0 Å². The van der Waals surface area contributed by atoms with E-state index in [2.05, 4.69) is 18.8 Å². The monoisotopic (exact) mass is 308 g/mol. The van der Waals surface area contributed by atoms with Crippen molar-refractivity contribution in [2.75, 3.05) is 7.11 Å². The molecule has 5 nitrogen and oxygen atoms in total. The fraction of sp³-hybridized carbons (Fsp3) is 0.647. The third-order valence-corrected chi connectivity index (χ3v) is 3.83. The van der Waals surface area contributed by atoms with Gasteiger partial charge in [-0.3, -0.25) is 9.59 Å². The molecule has 1 aliphatic rings. The van der Waals surface area contributed by atoms with E-state index in [1.165, 1.54) is 0 Å². The fourth-order valence-electron chi connectivity index (χ4n) is 2.70. The summed E-state index contributed by atoms with van der Waals surface area (Å²) in [4.78, 5) is 26.3. The van der Waals surface area contributed by atoms with E-state index in [-0.39, 0.29) is 17.9 Å². The number of hydrogen-bond donors (Lipinski definition) is 1. The van der Waals surface area contributed by atoms with E-state index in [1.54, 1.807) is 18.9 Å². The van der Waals surface area contributed by atoms with E-state index >= 15 is 0 Å². The summed E-state index contributed by atoms with van der Waals surface area (Å²) in [6.45, 7) is 9.81. The molecule has 1 aliphatic heterocycles. The Morgan fingerprint density at radius 3 is 2.55 bits per heavy atom. The van der Waals surface area contributed by atoms with Crippen LogP contribution in [0.5, 0.6) is 0 Å².